The van der Waals surface area contributed by atoms with E-state index in [9.17, 15) is 0 Å². The maximum absolute atomic E-state index is 8.62. The smallest absolute Gasteiger partial charge is 0.249 e. The van der Waals surface area contributed by atoms with E-state index >= 15 is 0 Å². The Morgan fingerprint density at radius 2 is 0.359 bits per heavy atom. The molecule has 12 aliphatic heterocycles. The Kier molecular flexibility index (Phi) is 14.9. The van der Waals surface area contributed by atoms with Crippen molar-refractivity contribution in [3.8, 4) is 34.1 Å². The summed E-state index contributed by atoms with van der Waals surface area (Å²) in [5, 5.41) is 0. The molecule has 0 amide bonds. The van der Waals surface area contributed by atoms with Gasteiger partial charge >= 0.3 is 0 Å². The number of nitrogens with zero attached hydrogens (tertiary/aromatic N) is 8. The lowest BCUT2D eigenvalue weighted by Gasteiger charge is -2.41. The molecule has 12 saturated heterocycles. The third-order valence-corrected chi connectivity index (χ3v) is 40.4. The van der Waals surface area contributed by atoms with Gasteiger partial charge in [-0.25, -0.2) is 37.4 Å². The predicted octanol–water partition coefficient (Wildman–Crippen LogP) is 18.9. The summed E-state index contributed by atoms with van der Waals surface area (Å²) >= 11 is 0. The Bertz CT molecular complexity index is 2600. The van der Waals surface area contributed by atoms with Gasteiger partial charge in [0.05, 0.1) is 11.1 Å². The van der Waals surface area contributed by atoms with Gasteiger partial charge in [-0.15, -0.1) is 0 Å². The highest BCUT2D eigenvalue weighted by Crippen LogP contribution is 2.75. The third-order valence-electron chi connectivity index (χ3n) is 31.0. The van der Waals surface area contributed by atoms with Gasteiger partial charge in [0, 0.05) is 96.7 Å². The van der Waals surface area contributed by atoms with Crippen molar-refractivity contribution in [2.24, 2.45) is 47.3 Å². The molecule has 22 rings (SSSR count). The lowest BCUT2D eigenvalue weighted by molar-refractivity contribution is 0.232. The van der Waals surface area contributed by atoms with Gasteiger partial charge in [0.1, 0.15) is 23.0 Å². The quantitative estimate of drug-likeness (QED) is 0.225. The first-order chi connectivity index (χ1) is 45.6. The number of benzene rings is 2. The summed E-state index contributed by atoms with van der Waals surface area (Å²) in [7, 11) is -4.34. The van der Waals surface area contributed by atoms with Crippen LogP contribution in [0.4, 0.5) is 0 Å². The minimum absolute atomic E-state index is 0.614. The fraction of sp³-hybridized carbons (Fsp3) is 0.842. The zero-order valence-corrected chi connectivity index (χ0v) is 59.2. The largest absolute Gasteiger partial charge is 0.444 e. The molecular weight excluding hydrogens is 1210 g/mol. The standard InChI is InChI=1S/C76H110N8O4P4/c1-9-27-55-47(19-1)39-63-64-40-48-20-2-10-28-56(48)78(64)89(77(55)63)85-71-35-17-36-72(86-90-79-57-29-11-3-21-49(57)41-65(79)66-42-50-22-4-12-30-58(50)80(66)90)75(71)76-73(87-91-81-59-31-13-5-23-51(59)43-67(81)68-44-52-24-6-14-32-60(52)82(68)91)37-18-38-74(76)88-92-83-61-33-15-7-25-53(61)45-69(83)70-46-54-26-8-16-34-62(54)84(70)92/h17-18,35-38,47-70H,1-16,19-34,39-46H2. The van der Waals surface area contributed by atoms with Gasteiger partial charge in [0.25, 0.3) is 0 Å². The van der Waals surface area contributed by atoms with Gasteiger partial charge in [-0.2, -0.15) is 0 Å². The van der Waals surface area contributed by atoms with Crippen LogP contribution in [0.15, 0.2) is 36.4 Å². The minimum Gasteiger partial charge on any atom is -0.444 e. The maximum Gasteiger partial charge on any atom is 0.249 e. The molecule has 2 aromatic carbocycles. The summed E-state index contributed by atoms with van der Waals surface area (Å²) in [6.45, 7) is 0. The minimum atomic E-state index is -1.08. The monoisotopic (exact) mass is 1320 g/mol. The second-order valence-electron chi connectivity index (χ2n) is 35.0. The molecule has 2 aromatic rings. The Balaban J connectivity index is 0.743. The number of hydrogen-bond donors (Lipinski definition) is 0. The summed E-state index contributed by atoms with van der Waals surface area (Å²) in [5.41, 5.74) is 2.38. The summed E-state index contributed by atoms with van der Waals surface area (Å²) in [5.74, 6) is 10.7. The van der Waals surface area contributed by atoms with Crippen molar-refractivity contribution in [2.75, 3.05) is 0 Å². The van der Waals surface area contributed by atoms with Crippen LogP contribution in [0.2, 0.25) is 0 Å². The first-order valence-electron chi connectivity index (χ1n) is 40.1. The first kappa shape index (κ1) is 58.8. The fourth-order valence-corrected chi connectivity index (χ4v) is 39.0. The van der Waals surface area contributed by atoms with Crippen LogP contribution in [0, 0.1) is 47.3 Å². The highest BCUT2D eigenvalue weighted by atomic mass is 31.2. The fourth-order valence-electron chi connectivity index (χ4n) is 27.5. The van der Waals surface area contributed by atoms with Crippen molar-refractivity contribution < 1.29 is 18.1 Å². The zero-order valence-electron chi connectivity index (χ0n) is 55.6. The molecule has 0 N–H and O–H groups in total. The van der Waals surface area contributed by atoms with Crippen molar-refractivity contribution in [1.82, 2.24) is 37.4 Å². The maximum atomic E-state index is 8.62. The van der Waals surface area contributed by atoms with Crippen molar-refractivity contribution in [2.45, 2.75) is 354 Å². The Hall–Kier alpha value is -0.960. The van der Waals surface area contributed by atoms with Gasteiger partial charge in [0.2, 0.25) is 33.8 Å². The van der Waals surface area contributed by atoms with E-state index in [1.807, 2.05) is 0 Å². The molecule has 20 aliphatic rings. The SMILES string of the molecule is c1cc(OP2N3C4CCCCC4CC3C3CC4CCCCC4N32)c(-c2c(OP3N4C5CCCCC5CC4C4CC5CCCCC5N43)cccc2OP2N3C4CCCCC4CC3C3CC4CCCCC4N32)c(OP2N3C4CCCCC4CC3C3CC4CCCCC4N32)c1. The molecule has 16 heteroatoms. The highest BCUT2D eigenvalue weighted by molar-refractivity contribution is 7.49. The van der Waals surface area contributed by atoms with Gasteiger partial charge in [-0.3, -0.25) is 0 Å². The van der Waals surface area contributed by atoms with E-state index in [4.69, 9.17) is 18.1 Å². The van der Waals surface area contributed by atoms with E-state index in [-0.39, 0.29) is 0 Å². The zero-order chi connectivity index (χ0) is 59.6. The van der Waals surface area contributed by atoms with E-state index in [1.165, 1.54) is 268 Å². The number of fused-ring (bicyclic) bond motifs is 28. The van der Waals surface area contributed by atoms with Crippen molar-refractivity contribution in [3.05, 3.63) is 36.4 Å². The molecule has 0 bridgehead atoms. The van der Waals surface area contributed by atoms with E-state index < -0.39 is 33.8 Å². The Labute approximate surface area is 557 Å². The number of rotatable bonds is 9. The van der Waals surface area contributed by atoms with Crippen molar-refractivity contribution in [1.29, 1.82) is 0 Å². The topological polar surface area (TPSA) is 62.8 Å². The molecule has 24 atom stereocenters. The summed E-state index contributed by atoms with van der Waals surface area (Å²) < 4.78 is 59.5. The second-order valence-corrected chi connectivity index (χ2v) is 41.4. The first-order valence-corrected chi connectivity index (χ1v) is 44.7. The summed E-state index contributed by atoms with van der Waals surface area (Å²) in [6, 6.07) is 24.7. The van der Waals surface area contributed by atoms with E-state index in [0.717, 1.165) is 70.3 Å². The highest BCUT2D eigenvalue weighted by Gasteiger charge is 2.69. The van der Waals surface area contributed by atoms with Crippen LogP contribution in [0.1, 0.15) is 257 Å². The van der Waals surface area contributed by atoms with Gasteiger partial charge in [0.15, 0.2) is 0 Å². The van der Waals surface area contributed by atoms with E-state index in [0.29, 0.717) is 96.7 Å². The molecule has 8 saturated carbocycles. The van der Waals surface area contributed by atoms with Crippen molar-refractivity contribution in [3.63, 3.8) is 0 Å². The van der Waals surface area contributed by atoms with Crippen LogP contribution in [0.5, 0.6) is 23.0 Å². The lowest BCUT2D eigenvalue weighted by atomic mass is 9.83. The van der Waals surface area contributed by atoms with Crippen molar-refractivity contribution >= 4 is 33.8 Å². The Morgan fingerprint density at radius 3 is 0.522 bits per heavy atom. The molecule has 0 radical (unpaired) electrons. The van der Waals surface area contributed by atoms with Gasteiger partial charge in [-0.05, 0) is 226 Å². The predicted molar refractivity (Wildman–Crippen MR) is 370 cm³/mol. The Morgan fingerprint density at radius 1 is 0.207 bits per heavy atom. The van der Waals surface area contributed by atoms with E-state index in [2.05, 4.69) is 73.8 Å². The summed E-state index contributed by atoms with van der Waals surface area (Å²) in [6.07, 6.45) is 55.3. The number of hydrogen-bond acceptors (Lipinski definition) is 12. The van der Waals surface area contributed by atoms with Crippen LogP contribution >= 0.6 is 33.8 Å². The average molecular weight is 1320 g/mol. The van der Waals surface area contributed by atoms with Crippen LogP contribution < -0.4 is 18.1 Å². The van der Waals surface area contributed by atoms with Crippen LogP contribution in [0.25, 0.3) is 11.1 Å². The van der Waals surface area contributed by atoms with Gasteiger partial charge in [-0.1, -0.05) is 115 Å². The van der Waals surface area contributed by atoms with Crippen LogP contribution in [-0.4, -0.2) is 134 Å². The average Bonchev–Trinajstić information content (AvgIpc) is 1.60. The molecular formula is C76H110N8O4P4. The molecule has 92 heavy (non-hydrogen) atoms. The second kappa shape index (κ2) is 23.3. The molecule has 8 aliphatic carbocycles. The molecule has 498 valence electrons. The molecule has 0 spiro atoms. The lowest BCUT2D eigenvalue weighted by Crippen LogP contribution is -2.37. The molecule has 20 fully saturated rings. The molecule has 12 nitrogen and oxygen atoms in total. The van der Waals surface area contributed by atoms with Crippen LogP contribution in [0.3, 0.4) is 0 Å². The molecule has 12 heterocycles. The van der Waals surface area contributed by atoms with E-state index in [1.54, 1.807) is 0 Å². The molecule has 0 aromatic heterocycles. The normalized spacial score (nSPS) is 50.0. The summed E-state index contributed by atoms with van der Waals surface area (Å²) in [4.78, 5) is 0. The van der Waals surface area contributed by atoms with Gasteiger partial charge < -0.3 is 18.1 Å². The third kappa shape index (κ3) is 8.86. The molecule has 24 unspecified atom stereocenters. The van der Waals surface area contributed by atoms with Crippen LogP contribution in [-0.2, 0) is 0 Å².